The van der Waals surface area contributed by atoms with Gasteiger partial charge in [-0.15, -0.1) is 0 Å². The van der Waals surface area contributed by atoms with Crippen molar-refractivity contribution in [3.8, 4) is 0 Å². The van der Waals surface area contributed by atoms with Crippen molar-refractivity contribution in [2.75, 3.05) is 5.75 Å². The molecule has 0 fully saturated rings. The van der Waals surface area contributed by atoms with Gasteiger partial charge < -0.3 is 9.73 Å². The minimum atomic E-state index is -0.388. The smallest absolute Gasteiger partial charge is 0.408 e. The molecule has 18 heavy (non-hydrogen) atoms. The van der Waals surface area contributed by atoms with Gasteiger partial charge in [-0.1, -0.05) is 6.07 Å². The number of amides is 1. The third-order valence-corrected chi connectivity index (χ3v) is 2.91. The Labute approximate surface area is 109 Å². The Bertz CT molecular complexity index is 630. The van der Waals surface area contributed by atoms with Gasteiger partial charge in [0.25, 0.3) is 0 Å². The van der Waals surface area contributed by atoms with Gasteiger partial charge in [-0.05, 0) is 23.4 Å². The first-order valence-corrected chi connectivity index (χ1v) is 6.21. The summed E-state index contributed by atoms with van der Waals surface area (Å²) >= 11 is 3.99. The minimum Gasteiger partial charge on any atom is -0.408 e. The molecule has 0 aliphatic rings. The monoisotopic (exact) mass is 266 g/mol. The highest BCUT2D eigenvalue weighted by atomic mass is 32.1. The van der Waals surface area contributed by atoms with E-state index >= 15 is 0 Å². The highest BCUT2D eigenvalue weighted by Crippen LogP contribution is 2.14. The molecule has 0 unspecified atom stereocenters. The van der Waals surface area contributed by atoms with E-state index < -0.39 is 0 Å². The van der Waals surface area contributed by atoms with Gasteiger partial charge in [-0.25, -0.2) is 4.79 Å². The molecule has 0 saturated carbocycles. The molecule has 1 aromatic carbocycles. The summed E-state index contributed by atoms with van der Waals surface area (Å²) in [6.45, 7) is 0.432. The number of hydrogen-bond acceptors (Lipinski definition) is 4. The van der Waals surface area contributed by atoms with Crippen molar-refractivity contribution < 1.29 is 9.21 Å². The number of oxazole rings is 1. The highest BCUT2D eigenvalue weighted by molar-refractivity contribution is 7.80. The van der Waals surface area contributed by atoms with Crippen LogP contribution in [0.3, 0.4) is 0 Å². The van der Waals surface area contributed by atoms with Crippen molar-refractivity contribution in [2.24, 2.45) is 7.05 Å². The maximum Gasteiger partial charge on any atom is 0.419 e. The quantitative estimate of drug-likeness (QED) is 0.814. The predicted molar refractivity (Wildman–Crippen MR) is 71.8 cm³/mol. The van der Waals surface area contributed by atoms with Gasteiger partial charge >= 0.3 is 5.76 Å². The molecule has 0 bridgehead atoms. The summed E-state index contributed by atoms with van der Waals surface area (Å²) in [4.78, 5) is 22.6. The maximum atomic E-state index is 11.3. The second-order valence-electron chi connectivity index (χ2n) is 3.98. The van der Waals surface area contributed by atoms with Crippen LogP contribution in [0.4, 0.5) is 0 Å². The van der Waals surface area contributed by atoms with Gasteiger partial charge in [0.05, 0.1) is 5.52 Å². The van der Waals surface area contributed by atoms with Gasteiger partial charge in [0.1, 0.15) is 0 Å². The Balaban J connectivity index is 2.17. The number of nitrogens with zero attached hydrogens (tertiary/aromatic N) is 1. The summed E-state index contributed by atoms with van der Waals surface area (Å²) in [7, 11) is 1.65. The lowest BCUT2D eigenvalue weighted by Gasteiger charge is -2.04. The fourth-order valence-electron chi connectivity index (χ4n) is 1.67. The lowest BCUT2D eigenvalue weighted by atomic mass is 10.2. The molecule has 0 atom stereocenters. The molecule has 2 rings (SSSR count). The Hall–Kier alpha value is -1.69. The number of nitrogens with one attached hydrogen (secondary N) is 1. The van der Waals surface area contributed by atoms with Crippen molar-refractivity contribution in [3.63, 3.8) is 0 Å². The number of benzene rings is 1. The zero-order valence-corrected chi connectivity index (χ0v) is 10.9. The summed E-state index contributed by atoms with van der Waals surface area (Å²) in [5, 5.41) is 2.79. The molecule has 1 N–H and O–H groups in total. The van der Waals surface area contributed by atoms with Gasteiger partial charge in [0.15, 0.2) is 5.58 Å². The summed E-state index contributed by atoms with van der Waals surface area (Å²) in [6.07, 6.45) is 0.398. The maximum absolute atomic E-state index is 11.3. The Morgan fingerprint density at radius 1 is 1.50 bits per heavy atom. The van der Waals surface area contributed by atoms with E-state index in [0.717, 1.165) is 11.1 Å². The van der Waals surface area contributed by atoms with Gasteiger partial charge in [-0.3, -0.25) is 9.36 Å². The Kier molecular flexibility index (Phi) is 3.76. The largest absolute Gasteiger partial charge is 0.419 e. The van der Waals surface area contributed by atoms with Crippen LogP contribution in [0.15, 0.2) is 27.4 Å². The van der Waals surface area contributed by atoms with Crippen molar-refractivity contribution >= 4 is 29.6 Å². The molecule has 96 valence electrons. The van der Waals surface area contributed by atoms with E-state index in [9.17, 15) is 9.59 Å². The lowest BCUT2D eigenvalue weighted by Crippen LogP contribution is -2.22. The molecule has 6 heteroatoms. The third kappa shape index (κ3) is 2.59. The van der Waals surface area contributed by atoms with E-state index in [1.165, 1.54) is 4.57 Å². The standard InChI is InChI=1S/C12H14N2O3S/c1-14-9-6-8(7-13-11(15)4-5-18)2-3-10(9)17-12(14)16/h2-3,6,18H,4-5,7H2,1H3,(H,13,15). The Morgan fingerprint density at radius 3 is 3.00 bits per heavy atom. The van der Waals surface area contributed by atoms with Crippen molar-refractivity contribution in [1.29, 1.82) is 0 Å². The first-order valence-electron chi connectivity index (χ1n) is 5.58. The molecule has 1 aromatic heterocycles. The van der Waals surface area contributed by atoms with Gasteiger partial charge in [-0.2, -0.15) is 12.6 Å². The molecule has 2 aromatic rings. The van der Waals surface area contributed by atoms with Crippen LogP contribution >= 0.6 is 12.6 Å². The van der Waals surface area contributed by atoms with Crippen molar-refractivity contribution in [2.45, 2.75) is 13.0 Å². The number of aromatic nitrogens is 1. The zero-order chi connectivity index (χ0) is 13.1. The summed E-state index contributed by atoms with van der Waals surface area (Å²) in [5.74, 6) is 0.105. The highest BCUT2D eigenvalue weighted by Gasteiger charge is 2.07. The average molecular weight is 266 g/mol. The van der Waals surface area contributed by atoms with Crippen LogP contribution in [0.2, 0.25) is 0 Å². The molecular weight excluding hydrogens is 252 g/mol. The van der Waals surface area contributed by atoms with Crippen molar-refractivity contribution in [3.05, 3.63) is 34.3 Å². The van der Waals surface area contributed by atoms with E-state index in [-0.39, 0.29) is 11.7 Å². The number of carbonyl (C=O) groups is 1. The Morgan fingerprint density at radius 2 is 2.28 bits per heavy atom. The number of hydrogen-bond donors (Lipinski definition) is 2. The van der Waals surface area contributed by atoms with Crippen LogP contribution in [0, 0.1) is 0 Å². The summed E-state index contributed by atoms with van der Waals surface area (Å²) in [6, 6.07) is 5.39. The van der Waals surface area contributed by atoms with Crippen LogP contribution in [0.5, 0.6) is 0 Å². The molecule has 5 nitrogen and oxygen atoms in total. The van der Waals surface area contributed by atoms with E-state index in [0.29, 0.717) is 24.3 Å². The van der Waals surface area contributed by atoms with Crippen LogP contribution in [-0.2, 0) is 18.4 Å². The number of rotatable bonds is 4. The molecule has 0 aliphatic heterocycles. The van der Waals surface area contributed by atoms with Gasteiger partial charge in [0.2, 0.25) is 5.91 Å². The summed E-state index contributed by atoms with van der Waals surface area (Å²) in [5.41, 5.74) is 2.19. The minimum absolute atomic E-state index is 0.0359. The molecule has 0 saturated heterocycles. The van der Waals surface area contributed by atoms with Crippen LogP contribution < -0.4 is 11.1 Å². The van der Waals surface area contributed by atoms with Crippen molar-refractivity contribution in [1.82, 2.24) is 9.88 Å². The van der Waals surface area contributed by atoms with Gasteiger partial charge in [0, 0.05) is 20.0 Å². The fourth-order valence-corrected chi connectivity index (χ4v) is 1.88. The lowest BCUT2D eigenvalue weighted by molar-refractivity contribution is -0.120. The topological polar surface area (TPSA) is 64.2 Å². The van der Waals surface area contributed by atoms with E-state index in [1.807, 2.05) is 12.1 Å². The van der Waals surface area contributed by atoms with Crippen LogP contribution in [0.25, 0.3) is 11.1 Å². The van der Waals surface area contributed by atoms with E-state index in [1.54, 1.807) is 13.1 Å². The number of thiol groups is 1. The molecule has 1 heterocycles. The SMILES string of the molecule is Cn1c(=O)oc2ccc(CNC(=O)CCS)cc21. The molecule has 0 aliphatic carbocycles. The average Bonchev–Trinajstić information content (AvgIpc) is 2.63. The predicted octanol–water partition coefficient (Wildman–Crippen LogP) is 1.07. The van der Waals surface area contributed by atoms with Crippen LogP contribution in [-0.4, -0.2) is 16.2 Å². The second kappa shape index (κ2) is 5.30. The number of aryl methyl sites for hydroxylation is 1. The van der Waals surface area contributed by atoms with E-state index in [2.05, 4.69) is 17.9 Å². The number of carbonyl (C=O) groups excluding carboxylic acids is 1. The first kappa shape index (κ1) is 12.8. The molecule has 1 amide bonds. The fraction of sp³-hybridized carbons (Fsp3) is 0.333. The molecule has 0 radical (unpaired) electrons. The van der Waals surface area contributed by atoms with Crippen LogP contribution in [0.1, 0.15) is 12.0 Å². The third-order valence-electron chi connectivity index (χ3n) is 2.68. The number of fused-ring (bicyclic) bond motifs is 1. The summed E-state index contributed by atoms with van der Waals surface area (Å²) < 4.78 is 6.47. The van der Waals surface area contributed by atoms with E-state index in [4.69, 9.17) is 4.42 Å². The second-order valence-corrected chi connectivity index (χ2v) is 4.43. The zero-order valence-electron chi connectivity index (χ0n) is 9.97. The molecular formula is C12H14N2O3S. The molecule has 0 spiro atoms. The normalized spacial score (nSPS) is 10.8. The first-order chi connectivity index (χ1) is 8.61.